The lowest BCUT2D eigenvalue weighted by atomic mass is 10.0. The van der Waals surface area contributed by atoms with E-state index in [1.54, 1.807) is 19.1 Å². The summed E-state index contributed by atoms with van der Waals surface area (Å²) in [5, 5.41) is 12.3. The number of amides is 2. The van der Waals surface area contributed by atoms with Gasteiger partial charge in [0.25, 0.3) is 11.8 Å². The maximum atomic E-state index is 12.7. The first-order valence-corrected chi connectivity index (χ1v) is 9.96. The molecule has 154 valence electrons. The standard InChI is InChI=1S/C23H28N2O4/c1-15-4-5-18(14-16(15)2)23(28)25-12-10-19(11-13-25)24-22(27)17(3)29-21-8-6-20(26)7-9-21/h4-9,14,17,19,26H,10-13H2,1-3H3,(H,24,27). The first-order valence-electron chi connectivity index (χ1n) is 9.96. The summed E-state index contributed by atoms with van der Waals surface area (Å²) >= 11 is 0. The van der Waals surface area contributed by atoms with Gasteiger partial charge in [0.2, 0.25) is 0 Å². The largest absolute Gasteiger partial charge is 0.508 e. The Labute approximate surface area is 171 Å². The molecule has 6 heteroatoms. The van der Waals surface area contributed by atoms with E-state index in [0.29, 0.717) is 37.2 Å². The minimum atomic E-state index is -0.644. The molecule has 0 bridgehead atoms. The molecule has 6 nitrogen and oxygen atoms in total. The van der Waals surface area contributed by atoms with Crippen LogP contribution in [0.25, 0.3) is 0 Å². The van der Waals surface area contributed by atoms with Gasteiger partial charge < -0.3 is 20.1 Å². The van der Waals surface area contributed by atoms with Crippen molar-refractivity contribution in [3.05, 3.63) is 59.2 Å². The number of hydrogen-bond acceptors (Lipinski definition) is 4. The van der Waals surface area contributed by atoms with E-state index in [1.165, 1.54) is 17.7 Å². The summed E-state index contributed by atoms with van der Waals surface area (Å²) in [5.41, 5.74) is 3.00. The maximum Gasteiger partial charge on any atom is 0.260 e. The zero-order valence-electron chi connectivity index (χ0n) is 17.1. The molecule has 0 radical (unpaired) electrons. The molecule has 1 aliphatic heterocycles. The van der Waals surface area contributed by atoms with Gasteiger partial charge in [0.05, 0.1) is 0 Å². The number of phenolic OH excluding ortho intramolecular Hbond substituents is 1. The van der Waals surface area contributed by atoms with Crippen LogP contribution in [0.4, 0.5) is 0 Å². The lowest BCUT2D eigenvalue weighted by Gasteiger charge is -2.33. The van der Waals surface area contributed by atoms with Crippen molar-refractivity contribution in [1.82, 2.24) is 10.2 Å². The Balaban J connectivity index is 1.48. The number of carbonyl (C=O) groups excluding carboxylic acids is 2. The third-order valence-corrected chi connectivity index (χ3v) is 5.40. The Morgan fingerprint density at radius 2 is 1.72 bits per heavy atom. The number of rotatable bonds is 5. The van der Waals surface area contributed by atoms with Gasteiger partial charge in [-0.3, -0.25) is 9.59 Å². The van der Waals surface area contributed by atoms with Gasteiger partial charge in [0.1, 0.15) is 11.5 Å². The van der Waals surface area contributed by atoms with E-state index in [0.717, 1.165) is 5.56 Å². The van der Waals surface area contributed by atoms with Crippen molar-refractivity contribution in [1.29, 1.82) is 0 Å². The summed E-state index contributed by atoms with van der Waals surface area (Å²) in [5.74, 6) is 0.537. The third-order valence-electron chi connectivity index (χ3n) is 5.40. The van der Waals surface area contributed by atoms with Crippen LogP contribution in [0, 0.1) is 13.8 Å². The van der Waals surface area contributed by atoms with Gasteiger partial charge in [-0.1, -0.05) is 6.07 Å². The quantitative estimate of drug-likeness (QED) is 0.814. The summed E-state index contributed by atoms with van der Waals surface area (Å²) in [7, 11) is 0. The first-order chi connectivity index (χ1) is 13.8. The smallest absolute Gasteiger partial charge is 0.260 e. The predicted octanol–water partition coefficient (Wildman–Crippen LogP) is 3.20. The van der Waals surface area contributed by atoms with Crippen LogP contribution in [0.3, 0.4) is 0 Å². The van der Waals surface area contributed by atoms with Crippen molar-refractivity contribution in [2.24, 2.45) is 0 Å². The van der Waals surface area contributed by atoms with Gasteiger partial charge in [-0.2, -0.15) is 0 Å². The molecule has 1 saturated heterocycles. The minimum Gasteiger partial charge on any atom is -0.508 e. The Morgan fingerprint density at radius 3 is 2.34 bits per heavy atom. The molecule has 29 heavy (non-hydrogen) atoms. The second-order valence-corrected chi connectivity index (χ2v) is 7.63. The van der Waals surface area contributed by atoms with E-state index in [9.17, 15) is 14.7 Å². The Bertz CT molecular complexity index is 871. The lowest BCUT2D eigenvalue weighted by Crippen LogP contribution is -2.49. The molecule has 2 aromatic carbocycles. The highest BCUT2D eigenvalue weighted by Crippen LogP contribution is 2.19. The number of phenols is 1. The van der Waals surface area contributed by atoms with Crippen molar-refractivity contribution < 1.29 is 19.4 Å². The average molecular weight is 396 g/mol. The normalized spacial score (nSPS) is 15.6. The summed E-state index contributed by atoms with van der Waals surface area (Å²) in [4.78, 5) is 27.0. The van der Waals surface area contributed by atoms with E-state index in [2.05, 4.69) is 5.32 Å². The number of carbonyl (C=O) groups is 2. The number of hydrogen-bond donors (Lipinski definition) is 2. The van der Waals surface area contributed by atoms with E-state index in [-0.39, 0.29) is 23.6 Å². The Morgan fingerprint density at radius 1 is 1.07 bits per heavy atom. The number of aryl methyl sites for hydroxylation is 2. The van der Waals surface area contributed by atoms with Crippen LogP contribution in [-0.4, -0.2) is 47.1 Å². The highest BCUT2D eigenvalue weighted by molar-refractivity contribution is 5.94. The van der Waals surface area contributed by atoms with Gasteiger partial charge in [0, 0.05) is 24.7 Å². The number of aromatic hydroxyl groups is 1. The van der Waals surface area contributed by atoms with Gasteiger partial charge in [0.15, 0.2) is 6.10 Å². The molecule has 1 unspecified atom stereocenters. The fourth-order valence-corrected chi connectivity index (χ4v) is 3.38. The summed E-state index contributed by atoms with van der Waals surface area (Å²) in [6.07, 6.45) is 0.789. The van der Waals surface area contributed by atoms with Crippen molar-refractivity contribution in [3.63, 3.8) is 0 Å². The summed E-state index contributed by atoms with van der Waals surface area (Å²) in [6.45, 7) is 6.97. The molecule has 0 aliphatic carbocycles. The molecule has 0 saturated carbocycles. The molecular formula is C23H28N2O4. The number of nitrogens with zero attached hydrogens (tertiary/aromatic N) is 1. The number of benzene rings is 2. The van der Waals surface area contributed by atoms with Crippen molar-refractivity contribution in [3.8, 4) is 11.5 Å². The number of ether oxygens (including phenoxy) is 1. The zero-order chi connectivity index (χ0) is 21.0. The predicted molar refractivity (Wildman–Crippen MR) is 111 cm³/mol. The van der Waals surface area contributed by atoms with E-state index in [1.807, 2.05) is 36.9 Å². The molecule has 1 aliphatic rings. The number of likely N-dealkylation sites (tertiary alicyclic amines) is 1. The van der Waals surface area contributed by atoms with Crippen LogP contribution in [-0.2, 0) is 4.79 Å². The molecule has 0 aromatic heterocycles. The molecule has 1 atom stereocenters. The van der Waals surface area contributed by atoms with Crippen LogP contribution >= 0.6 is 0 Å². The topological polar surface area (TPSA) is 78.9 Å². The molecule has 1 fully saturated rings. The van der Waals surface area contributed by atoms with Crippen LogP contribution in [0.15, 0.2) is 42.5 Å². The lowest BCUT2D eigenvalue weighted by molar-refractivity contribution is -0.128. The van der Waals surface area contributed by atoms with Crippen molar-refractivity contribution in [2.75, 3.05) is 13.1 Å². The van der Waals surface area contributed by atoms with Crippen LogP contribution < -0.4 is 10.1 Å². The highest BCUT2D eigenvalue weighted by atomic mass is 16.5. The second kappa shape index (κ2) is 8.99. The van der Waals surface area contributed by atoms with E-state index in [4.69, 9.17) is 4.74 Å². The second-order valence-electron chi connectivity index (χ2n) is 7.63. The summed E-state index contributed by atoms with van der Waals surface area (Å²) < 4.78 is 5.62. The molecule has 3 rings (SSSR count). The van der Waals surface area contributed by atoms with Crippen molar-refractivity contribution in [2.45, 2.75) is 45.8 Å². The van der Waals surface area contributed by atoms with Gasteiger partial charge in [-0.15, -0.1) is 0 Å². The van der Waals surface area contributed by atoms with Gasteiger partial charge in [-0.25, -0.2) is 0 Å². The van der Waals surface area contributed by atoms with Crippen molar-refractivity contribution >= 4 is 11.8 Å². The minimum absolute atomic E-state index is 0.0252. The molecular weight excluding hydrogens is 368 g/mol. The molecule has 1 heterocycles. The van der Waals surface area contributed by atoms with Gasteiger partial charge >= 0.3 is 0 Å². The Kier molecular flexibility index (Phi) is 6.42. The van der Waals surface area contributed by atoms with Crippen LogP contribution in [0.2, 0.25) is 0 Å². The van der Waals surface area contributed by atoms with Crippen LogP contribution in [0.5, 0.6) is 11.5 Å². The fraction of sp³-hybridized carbons (Fsp3) is 0.391. The van der Waals surface area contributed by atoms with Gasteiger partial charge in [-0.05, 0) is 81.1 Å². The average Bonchev–Trinajstić information content (AvgIpc) is 2.71. The van der Waals surface area contributed by atoms with E-state index < -0.39 is 6.10 Å². The number of piperidine rings is 1. The molecule has 0 spiro atoms. The van der Waals surface area contributed by atoms with E-state index >= 15 is 0 Å². The monoisotopic (exact) mass is 396 g/mol. The molecule has 2 N–H and O–H groups in total. The van der Waals surface area contributed by atoms with Crippen LogP contribution in [0.1, 0.15) is 41.3 Å². The summed E-state index contributed by atoms with van der Waals surface area (Å²) in [6, 6.07) is 12.1. The zero-order valence-corrected chi connectivity index (χ0v) is 17.1. The molecule has 2 aromatic rings. The number of nitrogens with one attached hydrogen (secondary N) is 1. The maximum absolute atomic E-state index is 12.7. The SMILES string of the molecule is Cc1ccc(C(=O)N2CCC(NC(=O)C(C)Oc3ccc(O)cc3)CC2)cc1C. The molecule has 2 amide bonds. The fourth-order valence-electron chi connectivity index (χ4n) is 3.38. The first kappa shape index (κ1) is 20.7. The Hall–Kier alpha value is -3.02. The highest BCUT2D eigenvalue weighted by Gasteiger charge is 2.26. The third kappa shape index (κ3) is 5.28.